The molecule has 0 spiro atoms. The Morgan fingerprint density at radius 2 is 2.11 bits per heavy atom. The molecule has 2 rings (SSSR count). The van der Waals surface area contributed by atoms with E-state index >= 15 is 0 Å². The van der Waals surface area contributed by atoms with E-state index in [4.69, 9.17) is 4.74 Å². The highest BCUT2D eigenvalue weighted by atomic mass is 16.5. The first kappa shape index (κ1) is 12.6. The summed E-state index contributed by atoms with van der Waals surface area (Å²) < 4.78 is 5.05. The molecule has 0 N–H and O–H groups in total. The van der Waals surface area contributed by atoms with Crippen molar-refractivity contribution in [3.05, 3.63) is 30.3 Å². The minimum Gasteiger partial charge on any atom is -0.464 e. The van der Waals surface area contributed by atoms with Gasteiger partial charge in [0.2, 0.25) is 5.91 Å². The number of carbonyl (C=O) groups excluding carboxylic acids is 2. The third-order valence-corrected chi connectivity index (χ3v) is 3.04. The van der Waals surface area contributed by atoms with Crippen LogP contribution in [0.2, 0.25) is 0 Å². The van der Waals surface area contributed by atoms with Gasteiger partial charge in [0, 0.05) is 12.1 Å². The van der Waals surface area contributed by atoms with E-state index in [2.05, 4.69) is 0 Å². The van der Waals surface area contributed by atoms with Crippen LogP contribution in [0, 0.1) is 0 Å². The molecule has 0 aliphatic carbocycles. The van der Waals surface area contributed by atoms with Crippen LogP contribution in [-0.4, -0.2) is 24.5 Å². The predicted molar refractivity (Wildman–Crippen MR) is 68.2 cm³/mol. The zero-order chi connectivity index (χ0) is 13.0. The van der Waals surface area contributed by atoms with Gasteiger partial charge in [0.15, 0.2) is 0 Å². The van der Waals surface area contributed by atoms with Gasteiger partial charge >= 0.3 is 5.97 Å². The average Bonchev–Trinajstić information content (AvgIpc) is 2.39. The summed E-state index contributed by atoms with van der Waals surface area (Å²) in [5.74, 6) is -0.320. The fourth-order valence-electron chi connectivity index (χ4n) is 2.24. The molecule has 1 amide bonds. The Hall–Kier alpha value is -1.84. The number of nitrogens with zero attached hydrogens (tertiary/aromatic N) is 1. The van der Waals surface area contributed by atoms with Crippen LogP contribution in [0.5, 0.6) is 0 Å². The van der Waals surface area contributed by atoms with Crippen LogP contribution in [0.4, 0.5) is 5.69 Å². The normalized spacial score (nSPS) is 19.7. The quantitative estimate of drug-likeness (QED) is 0.769. The van der Waals surface area contributed by atoms with Gasteiger partial charge in [-0.05, 0) is 31.9 Å². The van der Waals surface area contributed by atoms with E-state index in [0.29, 0.717) is 19.4 Å². The lowest BCUT2D eigenvalue weighted by atomic mass is 10.0. The minimum absolute atomic E-state index is 0.00879. The van der Waals surface area contributed by atoms with Crippen LogP contribution in [0.15, 0.2) is 30.3 Å². The molecule has 1 aliphatic rings. The minimum atomic E-state index is -0.478. The molecule has 0 bridgehead atoms. The Morgan fingerprint density at radius 1 is 1.39 bits per heavy atom. The van der Waals surface area contributed by atoms with Crippen molar-refractivity contribution in [3.8, 4) is 0 Å². The van der Waals surface area contributed by atoms with Crippen molar-refractivity contribution in [3.63, 3.8) is 0 Å². The maximum atomic E-state index is 12.0. The number of piperidine rings is 1. The van der Waals surface area contributed by atoms with Crippen molar-refractivity contribution < 1.29 is 14.3 Å². The van der Waals surface area contributed by atoms with E-state index in [1.807, 2.05) is 30.3 Å². The van der Waals surface area contributed by atoms with Crippen molar-refractivity contribution in [2.75, 3.05) is 11.5 Å². The number of para-hydroxylation sites is 1. The molecule has 1 unspecified atom stereocenters. The maximum absolute atomic E-state index is 12.0. The highest BCUT2D eigenvalue weighted by Gasteiger charge is 2.35. The van der Waals surface area contributed by atoms with Gasteiger partial charge in [-0.25, -0.2) is 4.79 Å². The summed E-state index contributed by atoms with van der Waals surface area (Å²) in [6.07, 6.45) is 1.90. The number of esters is 1. The van der Waals surface area contributed by atoms with Crippen molar-refractivity contribution >= 4 is 17.6 Å². The number of rotatable bonds is 3. The molecule has 0 aromatic heterocycles. The first-order valence-electron chi connectivity index (χ1n) is 6.27. The van der Waals surface area contributed by atoms with E-state index in [-0.39, 0.29) is 11.9 Å². The zero-order valence-corrected chi connectivity index (χ0v) is 10.5. The molecule has 4 nitrogen and oxygen atoms in total. The molecule has 0 radical (unpaired) electrons. The second-order valence-electron chi connectivity index (χ2n) is 4.26. The molecule has 1 atom stereocenters. The van der Waals surface area contributed by atoms with Crippen LogP contribution >= 0.6 is 0 Å². The van der Waals surface area contributed by atoms with Gasteiger partial charge in [0.1, 0.15) is 6.04 Å². The van der Waals surface area contributed by atoms with Crippen LogP contribution in [-0.2, 0) is 14.3 Å². The smallest absolute Gasteiger partial charge is 0.329 e. The summed E-state index contributed by atoms with van der Waals surface area (Å²) in [6.45, 7) is 2.11. The molecule has 1 saturated heterocycles. The molecular formula is C14H17NO3. The van der Waals surface area contributed by atoms with Crippen molar-refractivity contribution in [2.45, 2.75) is 32.2 Å². The van der Waals surface area contributed by atoms with Gasteiger partial charge in [0.25, 0.3) is 0 Å². The average molecular weight is 247 g/mol. The summed E-state index contributed by atoms with van der Waals surface area (Å²) in [7, 11) is 0. The fraction of sp³-hybridized carbons (Fsp3) is 0.429. The van der Waals surface area contributed by atoms with Crippen LogP contribution < -0.4 is 4.90 Å². The third-order valence-electron chi connectivity index (χ3n) is 3.04. The fourth-order valence-corrected chi connectivity index (χ4v) is 2.24. The Morgan fingerprint density at radius 3 is 2.78 bits per heavy atom. The number of ether oxygens (including phenoxy) is 1. The van der Waals surface area contributed by atoms with Crippen molar-refractivity contribution in [2.24, 2.45) is 0 Å². The van der Waals surface area contributed by atoms with E-state index in [0.717, 1.165) is 12.1 Å². The summed E-state index contributed by atoms with van der Waals surface area (Å²) in [4.78, 5) is 25.5. The maximum Gasteiger partial charge on any atom is 0.329 e. The number of carbonyl (C=O) groups is 2. The van der Waals surface area contributed by atoms with Crippen LogP contribution in [0.1, 0.15) is 26.2 Å². The molecule has 1 fully saturated rings. The highest BCUT2D eigenvalue weighted by molar-refractivity contribution is 6.00. The Bertz CT molecular complexity index is 430. The molecule has 1 aliphatic heterocycles. The lowest BCUT2D eigenvalue weighted by Gasteiger charge is -2.33. The van der Waals surface area contributed by atoms with E-state index < -0.39 is 6.04 Å². The molecule has 1 aromatic carbocycles. The second kappa shape index (κ2) is 5.67. The number of hydrogen-bond acceptors (Lipinski definition) is 3. The molecule has 1 aromatic rings. The third kappa shape index (κ3) is 2.53. The molecule has 96 valence electrons. The van der Waals surface area contributed by atoms with Crippen LogP contribution in [0.25, 0.3) is 0 Å². The topological polar surface area (TPSA) is 46.6 Å². The molecule has 18 heavy (non-hydrogen) atoms. The summed E-state index contributed by atoms with van der Waals surface area (Å²) in [6, 6.07) is 8.81. The molecule has 0 saturated carbocycles. The van der Waals surface area contributed by atoms with E-state index in [1.54, 1.807) is 11.8 Å². The predicted octanol–water partition coefficient (Wildman–Crippen LogP) is 2.14. The summed E-state index contributed by atoms with van der Waals surface area (Å²) in [5.41, 5.74) is 0.764. The van der Waals surface area contributed by atoms with Gasteiger partial charge in [-0.1, -0.05) is 18.2 Å². The van der Waals surface area contributed by atoms with Crippen molar-refractivity contribution in [1.82, 2.24) is 0 Å². The number of hydrogen-bond donors (Lipinski definition) is 0. The van der Waals surface area contributed by atoms with E-state index in [9.17, 15) is 9.59 Å². The second-order valence-corrected chi connectivity index (χ2v) is 4.26. The Balaban J connectivity index is 2.26. The highest BCUT2D eigenvalue weighted by Crippen LogP contribution is 2.26. The number of amides is 1. The van der Waals surface area contributed by atoms with E-state index in [1.165, 1.54) is 0 Å². The van der Waals surface area contributed by atoms with Crippen molar-refractivity contribution in [1.29, 1.82) is 0 Å². The lowest BCUT2D eigenvalue weighted by Crippen LogP contribution is -2.49. The largest absolute Gasteiger partial charge is 0.464 e. The zero-order valence-electron chi connectivity index (χ0n) is 10.5. The SMILES string of the molecule is CCOC(=O)C1CCCC(=O)N1c1ccccc1. The standard InChI is InChI=1S/C14H17NO3/c1-2-18-14(17)12-9-6-10-13(16)15(12)11-7-4-3-5-8-11/h3-5,7-8,12H,2,6,9-10H2,1H3. The number of anilines is 1. The van der Waals surface area contributed by atoms with Gasteiger partial charge in [-0.2, -0.15) is 0 Å². The number of benzene rings is 1. The molecule has 4 heteroatoms. The summed E-state index contributed by atoms with van der Waals surface area (Å²) in [5, 5.41) is 0. The van der Waals surface area contributed by atoms with Crippen LogP contribution in [0.3, 0.4) is 0 Å². The van der Waals surface area contributed by atoms with Gasteiger partial charge < -0.3 is 4.74 Å². The lowest BCUT2D eigenvalue weighted by molar-refractivity contribution is -0.146. The Labute approximate surface area is 107 Å². The van der Waals surface area contributed by atoms with Gasteiger partial charge in [0.05, 0.1) is 6.61 Å². The monoisotopic (exact) mass is 247 g/mol. The Kier molecular flexibility index (Phi) is 3.97. The molecule has 1 heterocycles. The van der Waals surface area contributed by atoms with Gasteiger partial charge in [-0.15, -0.1) is 0 Å². The first-order chi connectivity index (χ1) is 8.74. The van der Waals surface area contributed by atoms with Gasteiger partial charge in [-0.3, -0.25) is 9.69 Å². The molecular weight excluding hydrogens is 230 g/mol. The summed E-state index contributed by atoms with van der Waals surface area (Å²) >= 11 is 0. The first-order valence-corrected chi connectivity index (χ1v) is 6.27.